The van der Waals surface area contributed by atoms with Gasteiger partial charge in [-0.3, -0.25) is 19.4 Å². The van der Waals surface area contributed by atoms with Crippen molar-refractivity contribution in [1.29, 1.82) is 0 Å². The summed E-state index contributed by atoms with van der Waals surface area (Å²) in [6.07, 6.45) is 5.22. The summed E-state index contributed by atoms with van der Waals surface area (Å²) < 4.78 is 0. The Hall–Kier alpha value is -4.06. The Kier molecular flexibility index (Phi) is 4.08. The van der Waals surface area contributed by atoms with Gasteiger partial charge >= 0.3 is 0 Å². The Labute approximate surface area is 184 Å². The average molecular weight is 421 g/mol. The zero-order valence-corrected chi connectivity index (χ0v) is 17.0. The number of hydrogen-bond acceptors (Lipinski definition) is 5. The molecule has 0 radical (unpaired) electrons. The first-order chi connectivity index (χ1) is 15.6. The van der Waals surface area contributed by atoms with Gasteiger partial charge in [-0.25, -0.2) is 4.90 Å². The van der Waals surface area contributed by atoms with E-state index in [2.05, 4.69) is 5.10 Å². The number of fused-ring (bicyclic) bond motifs is 4. The predicted octanol–water partition coefficient (Wildman–Crippen LogP) is 3.44. The van der Waals surface area contributed by atoms with E-state index < -0.39 is 23.9 Å². The number of amides is 2. The van der Waals surface area contributed by atoms with Crippen LogP contribution in [0.3, 0.4) is 0 Å². The fourth-order valence-corrected chi connectivity index (χ4v) is 5.18. The fourth-order valence-electron chi connectivity index (χ4n) is 5.18. The molecule has 6 rings (SSSR count). The van der Waals surface area contributed by atoms with Gasteiger partial charge in [0.2, 0.25) is 11.8 Å². The van der Waals surface area contributed by atoms with Gasteiger partial charge in [0.25, 0.3) is 0 Å². The second-order valence-corrected chi connectivity index (χ2v) is 8.29. The molecule has 32 heavy (non-hydrogen) atoms. The molecule has 4 atom stereocenters. The molecule has 3 aliphatic heterocycles. The Morgan fingerprint density at radius 3 is 2.34 bits per heavy atom. The van der Waals surface area contributed by atoms with Crippen LogP contribution in [0.4, 0.5) is 5.69 Å². The minimum Gasteiger partial charge on any atom is -0.292 e. The Balaban J connectivity index is 1.44. The fraction of sp³-hybridized carbons (Fsp3) is 0.154. The van der Waals surface area contributed by atoms with Crippen molar-refractivity contribution in [2.24, 2.45) is 16.9 Å². The Morgan fingerprint density at radius 2 is 1.53 bits per heavy atom. The van der Waals surface area contributed by atoms with E-state index in [-0.39, 0.29) is 17.6 Å². The average Bonchev–Trinajstić information content (AvgIpc) is 3.31. The molecule has 2 amide bonds. The van der Waals surface area contributed by atoms with Crippen molar-refractivity contribution in [1.82, 2.24) is 5.01 Å². The van der Waals surface area contributed by atoms with Crippen LogP contribution in [0.1, 0.15) is 10.4 Å². The Bertz CT molecular complexity index is 1330. The summed E-state index contributed by atoms with van der Waals surface area (Å²) in [6.45, 7) is 0. The smallest absolute Gasteiger partial charge is 0.240 e. The molecule has 0 spiro atoms. The molecule has 0 saturated carbocycles. The van der Waals surface area contributed by atoms with Crippen LogP contribution in [0.15, 0.2) is 90.0 Å². The monoisotopic (exact) mass is 421 g/mol. The van der Waals surface area contributed by atoms with Gasteiger partial charge in [-0.15, -0.1) is 0 Å². The number of hydrazone groups is 1. The minimum atomic E-state index is -0.824. The molecule has 1 unspecified atom stereocenters. The third kappa shape index (κ3) is 2.59. The molecule has 3 aromatic rings. The lowest BCUT2D eigenvalue weighted by molar-refractivity contribution is -0.123. The molecule has 0 aliphatic carbocycles. The van der Waals surface area contributed by atoms with Crippen LogP contribution in [0, 0.1) is 11.8 Å². The summed E-state index contributed by atoms with van der Waals surface area (Å²) in [5, 5.41) is 8.00. The van der Waals surface area contributed by atoms with E-state index in [1.807, 2.05) is 48.5 Å². The van der Waals surface area contributed by atoms with E-state index in [4.69, 9.17) is 0 Å². The van der Waals surface area contributed by atoms with Gasteiger partial charge in [0.1, 0.15) is 6.04 Å². The van der Waals surface area contributed by atoms with Crippen molar-refractivity contribution in [3.05, 3.63) is 90.5 Å². The SMILES string of the molecule is O=C(c1ccccc1)[C@@H]1[C@@H]2C(=O)N(c3ccc4ccccc4c3)C(=O)[C@@H]2C2C=CC=NN21. The van der Waals surface area contributed by atoms with Gasteiger partial charge in [-0.1, -0.05) is 66.7 Å². The number of hydrogen-bond donors (Lipinski definition) is 0. The third-order valence-electron chi connectivity index (χ3n) is 6.61. The highest BCUT2D eigenvalue weighted by Crippen LogP contribution is 2.46. The van der Waals surface area contributed by atoms with Gasteiger partial charge in [0, 0.05) is 11.8 Å². The minimum absolute atomic E-state index is 0.197. The quantitative estimate of drug-likeness (QED) is 0.480. The first-order valence-corrected chi connectivity index (χ1v) is 10.6. The highest BCUT2D eigenvalue weighted by molar-refractivity contribution is 6.25. The molecule has 2 saturated heterocycles. The maximum Gasteiger partial charge on any atom is 0.240 e. The number of benzene rings is 3. The highest BCUT2D eigenvalue weighted by atomic mass is 16.2. The lowest BCUT2D eigenvalue weighted by Gasteiger charge is -2.30. The second kappa shape index (κ2) is 6.99. The molecule has 2 fully saturated rings. The van der Waals surface area contributed by atoms with Crippen molar-refractivity contribution in [2.75, 3.05) is 4.90 Å². The van der Waals surface area contributed by atoms with E-state index in [0.29, 0.717) is 11.3 Å². The molecular formula is C26H19N3O3. The first-order valence-electron chi connectivity index (χ1n) is 10.6. The van der Waals surface area contributed by atoms with Crippen LogP contribution in [-0.4, -0.2) is 40.9 Å². The summed E-state index contributed by atoms with van der Waals surface area (Å²) in [5.74, 6) is -2.26. The molecule has 3 aromatic carbocycles. The van der Waals surface area contributed by atoms with E-state index in [9.17, 15) is 14.4 Å². The van der Waals surface area contributed by atoms with Crippen molar-refractivity contribution in [3.8, 4) is 0 Å². The van der Waals surface area contributed by atoms with Crippen LogP contribution < -0.4 is 4.90 Å². The summed E-state index contributed by atoms with van der Waals surface area (Å²) in [6, 6.07) is 21.0. The lowest BCUT2D eigenvalue weighted by atomic mass is 9.86. The summed E-state index contributed by atoms with van der Waals surface area (Å²) in [5.41, 5.74) is 1.04. The number of carbonyl (C=O) groups is 3. The zero-order chi connectivity index (χ0) is 21.8. The molecule has 156 valence electrons. The number of ketones is 1. The van der Waals surface area contributed by atoms with Gasteiger partial charge in [0.05, 0.1) is 23.6 Å². The number of nitrogens with zero attached hydrogens (tertiary/aromatic N) is 3. The number of anilines is 1. The van der Waals surface area contributed by atoms with Crippen LogP contribution in [-0.2, 0) is 9.59 Å². The topological polar surface area (TPSA) is 70.0 Å². The molecule has 6 heteroatoms. The summed E-state index contributed by atoms with van der Waals surface area (Å²) >= 11 is 0. The first kappa shape index (κ1) is 18.7. The van der Waals surface area contributed by atoms with Crippen molar-refractivity contribution in [3.63, 3.8) is 0 Å². The summed E-state index contributed by atoms with van der Waals surface area (Å²) in [4.78, 5) is 42.0. The van der Waals surface area contributed by atoms with E-state index in [1.165, 1.54) is 4.90 Å². The van der Waals surface area contributed by atoms with Gasteiger partial charge in [-0.05, 0) is 29.0 Å². The maximum absolute atomic E-state index is 13.7. The molecule has 3 heterocycles. The highest BCUT2D eigenvalue weighted by Gasteiger charge is 2.64. The normalized spacial score (nSPS) is 26.0. The molecular weight excluding hydrogens is 402 g/mol. The van der Waals surface area contributed by atoms with Crippen molar-refractivity contribution in [2.45, 2.75) is 12.1 Å². The lowest BCUT2D eigenvalue weighted by Crippen LogP contribution is -2.46. The van der Waals surface area contributed by atoms with E-state index in [1.54, 1.807) is 47.6 Å². The standard InChI is InChI=1S/C26H19N3O3/c30-24(17-8-2-1-3-9-17)23-22-21(20-11-6-14-27-29(20)23)25(31)28(26(22)32)19-13-12-16-7-4-5-10-18(16)15-19/h1-15,20-23H/t20?,21-,22-,23+/m1/s1. The maximum atomic E-state index is 13.7. The number of allylic oxidation sites excluding steroid dienone is 1. The van der Waals surface area contributed by atoms with Crippen LogP contribution in [0.2, 0.25) is 0 Å². The molecule has 0 aromatic heterocycles. The third-order valence-corrected chi connectivity index (χ3v) is 6.61. The van der Waals surface area contributed by atoms with Crippen LogP contribution in [0.25, 0.3) is 10.8 Å². The van der Waals surface area contributed by atoms with Gasteiger partial charge in [-0.2, -0.15) is 5.10 Å². The summed E-state index contributed by atoms with van der Waals surface area (Å²) in [7, 11) is 0. The molecule has 0 bridgehead atoms. The van der Waals surface area contributed by atoms with Crippen LogP contribution >= 0.6 is 0 Å². The number of Topliss-reactive ketones (excluding diaryl/α,β-unsaturated/α-hetero) is 1. The molecule has 6 nitrogen and oxygen atoms in total. The Morgan fingerprint density at radius 1 is 0.812 bits per heavy atom. The molecule has 0 N–H and O–H groups in total. The predicted molar refractivity (Wildman–Crippen MR) is 121 cm³/mol. The van der Waals surface area contributed by atoms with Crippen LogP contribution in [0.5, 0.6) is 0 Å². The van der Waals surface area contributed by atoms with Gasteiger partial charge in [0.15, 0.2) is 5.78 Å². The van der Waals surface area contributed by atoms with Gasteiger partial charge < -0.3 is 0 Å². The van der Waals surface area contributed by atoms with E-state index >= 15 is 0 Å². The number of rotatable bonds is 3. The second-order valence-electron chi connectivity index (χ2n) is 8.29. The van der Waals surface area contributed by atoms with E-state index in [0.717, 1.165) is 10.8 Å². The zero-order valence-electron chi connectivity index (χ0n) is 17.0. The van der Waals surface area contributed by atoms with Crippen molar-refractivity contribution >= 4 is 40.3 Å². The molecule has 3 aliphatic rings. The number of imide groups is 1. The van der Waals surface area contributed by atoms with Crippen molar-refractivity contribution < 1.29 is 14.4 Å². The number of carbonyl (C=O) groups excluding carboxylic acids is 3. The largest absolute Gasteiger partial charge is 0.292 e.